The lowest BCUT2D eigenvalue weighted by Crippen LogP contribution is -2.24. The fraction of sp³-hybridized carbons (Fsp3) is 0.615. The molecular weight excluding hydrogens is 236 g/mol. The van der Waals surface area contributed by atoms with E-state index in [1.54, 1.807) is 7.11 Å². The fourth-order valence-corrected chi connectivity index (χ4v) is 2.24. The lowest BCUT2D eigenvalue weighted by atomic mass is 10.2. The number of aromatic nitrogens is 1. The maximum absolute atomic E-state index is 6.23. The molecule has 0 spiro atoms. The number of halogens is 1. The summed E-state index contributed by atoms with van der Waals surface area (Å²) >= 11 is 6.23. The Morgan fingerprint density at radius 1 is 1.53 bits per heavy atom. The third-order valence-corrected chi connectivity index (χ3v) is 3.51. The highest BCUT2D eigenvalue weighted by atomic mass is 35.5. The molecule has 1 fully saturated rings. The number of aryl methyl sites for hydroxylation is 1. The molecule has 1 aromatic heterocycles. The van der Waals surface area contributed by atoms with Crippen LogP contribution < -0.4 is 10.1 Å². The molecule has 1 atom stereocenters. The van der Waals surface area contributed by atoms with Crippen LogP contribution in [0.3, 0.4) is 0 Å². The van der Waals surface area contributed by atoms with Gasteiger partial charge >= 0.3 is 0 Å². The second kappa shape index (κ2) is 5.69. The van der Waals surface area contributed by atoms with Crippen molar-refractivity contribution < 1.29 is 4.74 Å². The average molecular weight is 255 g/mol. The predicted molar refractivity (Wildman–Crippen MR) is 69.6 cm³/mol. The first-order valence-corrected chi connectivity index (χ1v) is 6.49. The first-order chi connectivity index (χ1) is 8.19. The van der Waals surface area contributed by atoms with E-state index in [1.807, 2.05) is 19.1 Å². The topological polar surface area (TPSA) is 34.1 Å². The van der Waals surface area contributed by atoms with Crippen LogP contribution in [0.25, 0.3) is 0 Å². The number of hydrogen-bond acceptors (Lipinski definition) is 3. The molecule has 1 aliphatic rings. The van der Waals surface area contributed by atoms with E-state index in [0.29, 0.717) is 0 Å². The van der Waals surface area contributed by atoms with Crippen LogP contribution in [0.1, 0.15) is 24.2 Å². The molecule has 0 amide bonds. The van der Waals surface area contributed by atoms with Gasteiger partial charge in [0.15, 0.2) is 0 Å². The van der Waals surface area contributed by atoms with Crippen molar-refractivity contribution in [1.29, 1.82) is 0 Å². The highest BCUT2D eigenvalue weighted by Crippen LogP contribution is 2.35. The zero-order valence-corrected chi connectivity index (χ0v) is 11.1. The Hall–Kier alpha value is -0.800. The Bertz CT molecular complexity index is 380. The Morgan fingerprint density at radius 3 is 2.94 bits per heavy atom. The minimum atomic E-state index is 0.265. The van der Waals surface area contributed by atoms with Gasteiger partial charge in [-0.25, -0.2) is 0 Å². The van der Waals surface area contributed by atoms with Crippen LogP contribution in [0.4, 0.5) is 0 Å². The zero-order chi connectivity index (χ0) is 12.3. The van der Waals surface area contributed by atoms with Crippen molar-refractivity contribution in [3.8, 4) is 5.75 Å². The van der Waals surface area contributed by atoms with Crippen LogP contribution in [0.5, 0.6) is 5.75 Å². The zero-order valence-electron chi connectivity index (χ0n) is 10.4. The number of alkyl halides is 1. The minimum Gasteiger partial charge on any atom is -0.497 e. The molecule has 17 heavy (non-hydrogen) atoms. The summed E-state index contributed by atoms with van der Waals surface area (Å²) in [4.78, 5) is 4.45. The standard InChI is InChI=1S/C13H19ClN2O/c1-9-5-12(17-2)6-11(16-9)7-15-8-13(14)10-3-4-10/h5-6,10,13,15H,3-4,7-8H2,1-2H3. The van der Waals surface area contributed by atoms with Gasteiger partial charge in [-0.2, -0.15) is 0 Å². The number of nitrogens with one attached hydrogen (secondary N) is 1. The molecule has 0 saturated heterocycles. The summed E-state index contributed by atoms with van der Waals surface area (Å²) in [6, 6.07) is 3.89. The third-order valence-electron chi connectivity index (χ3n) is 2.99. The molecule has 1 aliphatic carbocycles. The summed E-state index contributed by atoms with van der Waals surface area (Å²) in [5, 5.41) is 3.62. The van der Waals surface area contributed by atoms with E-state index in [-0.39, 0.29) is 5.38 Å². The molecular formula is C13H19ClN2O. The van der Waals surface area contributed by atoms with E-state index < -0.39 is 0 Å². The second-order valence-corrected chi connectivity index (χ2v) is 5.18. The summed E-state index contributed by atoms with van der Waals surface area (Å²) < 4.78 is 5.22. The monoisotopic (exact) mass is 254 g/mol. The summed E-state index contributed by atoms with van der Waals surface area (Å²) in [6.07, 6.45) is 2.57. The van der Waals surface area contributed by atoms with E-state index in [4.69, 9.17) is 16.3 Å². The van der Waals surface area contributed by atoms with E-state index in [9.17, 15) is 0 Å². The summed E-state index contributed by atoms with van der Waals surface area (Å²) in [7, 11) is 1.67. The molecule has 0 radical (unpaired) electrons. The molecule has 4 heteroatoms. The second-order valence-electron chi connectivity index (χ2n) is 4.62. The van der Waals surface area contributed by atoms with Gasteiger partial charge in [-0.3, -0.25) is 4.98 Å². The first kappa shape index (κ1) is 12.7. The summed E-state index contributed by atoms with van der Waals surface area (Å²) in [5.74, 6) is 1.59. The van der Waals surface area contributed by atoms with Gasteiger partial charge in [0.25, 0.3) is 0 Å². The van der Waals surface area contributed by atoms with Gasteiger partial charge in [-0.1, -0.05) is 0 Å². The molecule has 2 rings (SSSR count). The van der Waals surface area contributed by atoms with Crippen molar-refractivity contribution >= 4 is 11.6 Å². The van der Waals surface area contributed by atoms with Crippen molar-refractivity contribution in [2.45, 2.75) is 31.7 Å². The number of hydrogen-bond donors (Lipinski definition) is 1. The van der Waals surface area contributed by atoms with Gasteiger partial charge in [-0.15, -0.1) is 11.6 Å². The number of methoxy groups -OCH3 is 1. The Kier molecular flexibility index (Phi) is 4.24. The maximum Gasteiger partial charge on any atom is 0.122 e. The molecule has 1 saturated carbocycles. The maximum atomic E-state index is 6.23. The SMILES string of the molecule is COc1cc(C)nc(CNCC(Cl)C2CC2)c1. The van der Waals surface area contributed by atoms with Gasteiger partial charge in [0.1, 0.15) is 5.75 Å². The van der Waals surface area contributed by atoms with Crippen LogP contribution in [0, 0.1) is 12.8 Å². The molecule has 0 aromatic carbocycles. The minimum absolute atomic E-state index is 0.265. The largest absolute Gasteiger partial charge is 0.497 e. The van der Waals surface area contributed by atoms with E-state index >= 15 is 0 Å². The van der Waals surface area contributed by atoms with E-state index in [0.717, 1.165) is 36.1 Å². The average Bonchev–Trinajstić information content (AvgIpc) is 3.12. The van der Waals surface area contributed by atoms with Crippen molar-refractivity contribution in [2.24, 2.45) is 5.92 Å². The molecule has 94 valence electrons. The van der Waals surface area contributed by atoms with Crippen LogP contribution in [-0.2, 0) is 6.54 Å². The van der Waals surface area contributed by atoms with Crippen molar-refractivity contribution in [3.63, 3.8) is 0 Å². The van der Waals surface area contributed by atoms with Crippen LogP contribution in [0.15, 0.2) is 12.1 Å². The Morgan fingerprint density at radius 2 is 2.29 bits per heavy atom. The van der Waals surface area contributed by atoms with E-state index in [2.05, 4.69) is 10.3 Å². The number of nitrogens with zero attached hydrogens (tertiary/aromatic N) is 1. The third kappa shape index (κ3) is 3.86. The Balaban J connectivity index is 1.83. The van der Waals surface area contributed by atoms with Crippen LogP contribution in [0.2, 0.25) is 0 Å². The van der Waals surface area contributed by atoms with Gasteiger partial charge in [0.2, 0.25) is 0 Å². The lowest BCUT2D eigenvalue weighted by Gasteiger charge is -2.10. The molecule has 0 aliphatic heterocycles. The molecule has 1 unspecified atom stereocenters. The first-order valence-electron chi connectivity index (χ1n) is 6.05. The number of rotatable bonds is 6. The predicted octanol–water partition coefficient (Wildman–Crippen LogP) is 2.51. The lowest BCUT2D eigenvalue weighted by molar-refractivity contribution is 0.412. The molecule has 0 bridgehead atoms. The van der Waals surface area contributed by atoms with Gasteiger partial charge in [-0.05, 0) is 25.7 Å². The smallest absolute Gasteiger partial charge is 0.122 e. The van der Waals surface area contributed by atoms with Crippen molar-refractivity contribution in [1.82, 2.24) is 10.3 Å². The summed E-state index contributed by atoms with van der Waals surface area (Å²) in [6.45, 7) is 3.57. The van der Waals surface area contributed by atoms with Crippen LogP contribution in [-0.4, -0.2) is 24.0 Å². The quantitative estimate of drug-likeness (QED) is 0.792. The van der Waals surface area contributed by atoms with Gasteiger partial charge in [0.05, 0.1) is 12.8 Å². The Labute approximate surface area is 108 Å². The number of pyridine rings is 1. The molecule has 1 N–H and O–H groups in total. The molecule has 1 heterocycles. The van der Waals surface area contributed by atoms with Gasteiger partial charge < -0.3 is 10.1 Å². The van der Waals surface area contributed by atoms with Crippen molar-refractivity contribution in [3.05, 3.63) is 23.5 Å². The normalized spacial score (nSPS) is 16.9. The van der Waals surface area contributed by atoms with Gasteiger partial charge in [0, 0.05) is 36.3 Å². The fourth-order valence-electron chi connectivity index (χ4n) is 1.87. The highest BCUT2D eigenvalue weighted by Gasteiger charge is 2.29. The molecule has 1 aromatic rings. The highest BCUT2D eigenvalue weighted by molar-refractivity contribution is 6.21. The molecule has 3 nitrogen and oxygen atoms in total. The summed E-state index contributed by atoms with van der Waals surface area (Å²) in [5.41, 5.74) is 1.98. The van der Waals surface area contributed by atoms with Crippen molar-refractivity contribution in [2.75, 3.05) is 13.7 Å². The van der Waals surface area contributed by atoms with Crippen LogP contribution >= 0.6 is 11.6 Å². The van der Waals surface area contributed by atoms with E-state index in [1.165, 1.54) is 12.8 Å². The number of ether oxygens (including phenoxy) is 1.